The van der Waals surface area contributed by atoms with Crippen molar-refractivity contribution in [2.75, 3.05) is 19.0 Å². The Hall–Kier alpha value is -2.83. The van der Waals surface area contributed by atoms with Gasteiger partial charge in [0.25, 0.3) is 0 Å². The summed E-state index contributed by atoms with van der Waals surface area (Å²) in [5.41, 5.74) is 2.36. The van der Waals surface area contributed by atoms with Crippen LogP contribution in [0.15, 0.2) is 35.5 Å². The van der Waals surface area contributed by atoms with Crippen LogP contribution in [0, 0.1) is 5.92 Å². The molecule has 1 aliphatic heterocycles. The Labute approximate surface area is 191 Å². The van der Waals surface area contributed by atoms with Gasteiger partial charge in [-0.05, 0) is 43.9 Å². The van der Waals surface area contributed by atoms with E-state index in [1.54, 1.807) is 11.8 Å². The molecule has 2 rings (SSSR count). The molecule has 0 aromatic heterocycles. The van der Waals surface area contributed by atoms with Gasteiger partial charge in [0.05, 0.1) is 18.7 Å². The van der Waals surface area contributed by atoms with Crippen LogP contribution in [0.25, 0.3) is 0 Å². The van der Waals surface area contributed by atoms with Gasteiger partial charge in [0.2, 0.25) is 5.91 Å². The molecule has 1 aromatic carbocycles. The van der Waals surface area contributed by atoms with Crippen molar-refractivity contribution in [1.29, 1.82) is 0 Å². The van der Waals surface area contributed by atoms with E-state index in [-0.39, 0.29) is 17.9 Å². The third kappa shape index (κ3) is 6.11. The van der Waals surface area contributed by atoms with E-state index in [1.165, 1.54) is 7.11 Å². The molecule has 2 N–H and O–H groups in total. The first-order valence-electron chi connectivity index (χ1n) is 11.7. The van der Waals surface area contributed by atoms with Crippen LogP contribution < -0.4 is 10.6 Å². The fourth-order valence-corrected chi connectivity index (χ4v) is 4.00. The SMILES string of the molecule is CCCCC(CC)C(=O)Nc1cccc(C2NC(=O)N(CCCC)C(C)=C2C(=O)OC)c1. The first-order valence-corrected chi connectivity index (χ1v) is 11.7. The van der Waals surface area contributed by atoms with Gasteiger partial charge in [-0.15, -0.1) is 0 Å². The minimum atomic E-state index is -0.647. The van der Waals surface area contributed by atoms with Gasteiger partial charge in [-0.1, -0.05) is 52.2 Å². The Morgan fingerprint density at radius 3 is 2.53 bits per heavy atom. The number of methoxy groups -OCH3 is 1. The van der Waals surface area contributed by atoms with Crippen LogP contribution in [-0.2, 0) is 14.3 Å². The number of urea groups is 1. The second-order valence-corrected chi connectivity index (χ2v) is 8.24. The molecular weight excluding hydrogens is 406 g/mol. The zero-order chi connectivity index (χ0) is 23.7. The highest BCUT2D eigenvalue weighted by molar-refractivity contribution is 5.95. The normalized spacial score (nSPS) is 17.1. The monoisotopic (exact) mass is 443 g/mol. The summed E-state index contributed by atoms with van der Waals surface area (Å²) in [6, 6.07) is 6.40. The molecule has 1 heterocycles. The zero-order valence-electron chi connectivity index (χ0n) is 20.0. The summed E-state index contributed by atoms with van der Waals surface area (Å²) in [6.07, 6.45) is 5.49. The molecule has 0 spiro atoms. The van der Waals surface area contributed by atoms with E-state index in [0.717, 1.165) is 38.5 Å². The zero-order valence-corrected chi connectivity index (χ0v) is 20.0. The Morgan fingerprint density at radius 1 is 1.19 bits per heavy atom. The van der Waals surface area contributed by atoms with E-state index >= 15 is 0 Å². The standard InChI is InChI=1S/C25H37N3O4/c1-6-9-12-18(8-3)23(29)26-20-14-11-13-19(16-20)22-21(24(30)32-5)17(4)28(15-10-7-2)25(31)27-22/h11,13-14,16,18,22H,6-10,12,15H2,1-5H3,(H,26,29)(H,27,31). The number of carbonyl (C=O) groups excluding carboxylic acids is 3. The fourth-order valence-electron chi connectivity index (χ4n) is 4.00. The number of ether oxygens (including phenoxy) is 1. The van der Waals surface area contributed by atoms with E-state index < -0.39 is 12.0 Å². The largest absolute Gasteiger partial charge is 0.466 e. The molecule has 3 amide bonds. The highest BCUT2D eigenvalue weighted by Gasteiger charge is 2.36. The van der Waals surface area contributed by atoms with Gasteiger partial charge in [-0.3, -0.25) is 9.69 Å². The van der Waals surface area contributed by atoms with E-state index in [1.807, 2.05) is 31.2 Å². The van der Waals surface area contributed by atoms with Crippen molar-refractivity contribution in [2.45, 2.75) is 72.3 Å². The van der Waals surface area contributed by atoms with Crippen molar-refractivity contribution in [1.82, 2.24) is 10.2 Å². The van der Waals surface area contributed by atoms with E-state index in [0.29, 0.717) is 29.1 Å². The number of unbranched alkanes of at least 4 members (excludes halogenated alkanes) is 2. The number of anilines is 1. The van der Waals surface area contributed by atoms with Gasteiger partial charge in [-0.2, -0.15) is 0 Å². The molecule has 2 atom stereocenters. The fraction of sp³-hybridized carbons (Fsp3) is 0.560. The van der Waals surface area contributed by atoms with Crippen LogP contribution in [0.2, 0.25) is 0 Å². The molecule has 7 heteroatoms. The summed E-state index contributed by atoms with van der Waals surface area (Å²) in [5, 5.41) is 5.95. The smallest absolute Gasteiger partial charge is 0.337 e. The molecule has 2 unspecified atom stereocenters. The Kier molecular flexibility index (Phi) is 9.75. The summed E-state index contributed by atoms with van der Waals surface area (Å²) >= 11 is 0. The molecule has 0 bridgehead atoms. The Morgan fingerprint density at radius 2 is 1.91 bits per heavy atom. The average molecular weight is 444 g/mol. The lowest BCUT2D eigenvalue weighted by molar-refractivity contribution is -0.136. The van der Waals surface area contributed by atoms with Crippen LogP contribution in [0.4, 0.5) is 10.5 Å². The lowest BCUT2D eigenvalue weighted by Gasteiger charge is -2.35. The highest BCUT2D eigenvalue weighted by Crippen LogP contribution is 2.32. The van der Waals surface area contributed by atoms with Crippen molar-refractivity contribution in [3.05, 3.63) is 41.1 Å². The number of esters is 1. The molecule has 0 aliphatic carbocycles. The lowest BCUT2D eigenvalue weighted by Crippen LogP contribution is -2.48. The lowest BCUT2D eigenvalue weighted by atomic mass is 9.94. The Bertz CT molecular complexity index is 849. The van der Waals surface area contributed by atoms with Gasteiger partial charge in [0.15, 0.2) is 0 Å². The highest BCUT2D eigenvalue weighted by atomic mass is 16.5. The van der Waals surface area contributed by atoms with E-state index in [2.05, 4.69) is 24.5 Å². The number of allylic oxidation sites excluding steroid dienone is 1. The number of carbonyl (C=O) groups is 3. The van der Waals surface area contributed by atoms with Gasteiger partial charge >= 0.3 is 12.0 Å². The molecule has 0 saturated heterocycles. The molecule has 1 aliphatic rings. The topological polar surface area (TPSA) is 87.7 Å². The first kappa shape index (κ1) is 25.4. The maximum absolute atomic E-state index is 12.8. The summed E-state index contributed by atoms with van der Waals surface area (Å²) < 4.78 is 5.03. The molecule has 176 valence electrons. The van der Waals surface area contributed by atoms with E-state index in [9.17, 15) is 14.4 Å². The molecule has 7 nitrogen and oxygen atoms in total. The molecule has 32 heavy (non-hydrogen) atoms. The quantitative estimate of drug-likeness (QED) is 0.463. The maximum atomic E-state index is 12.8. The second kappa shape index (κ2) is 12.3. The number of hydrogen-bond acceptors (Lipinski definition) is 4. The molecule has 0 saturated carbocycles. The van der Waals surface area contributed by atoms with Gasteiger partial charge in [0.1, 0.15) is 0 Å². The molecular formula is C25H37N3O4. The van der Waals surface area contributed by atoms with Crippen molar-refractivity contribution < 1.29 is 19.1 Å². The van der Waals surface area contributed by atoms with Crippen molar-refractivity contribution in [3.8, 4) is 0 Å². The third-order valence-electron chi connectivity index (χ3n) is 5.99. The minimum absolute atomic E-state index is 0.00330. The average Bonchev–Trinajstić information content (AvgIpc) is 2.78. The minimum Gasteiger partial charge on any atom is -0.466 e. The van der Waals surface area contributed by atoms with E-state index in [4.69, 9.17) is 4.74 Å². The number of nitrogens with zero attached hydrogens (tertiary/aromatic N) is 1. The summed E-state index contributed by atoms with van der Waals surface area (Å²) in [4.78, 5) is 39.8. The first-order chi connectivity index (χ1) is 15.4. The number of hydrogen-bond donors (Lipinski definition) is 2. The second-order valence-electron chi connectivity index (χ2n) is 8.24. The van der Waals surface area contributed by atoms with Crippen LogP contribution in [0.1, 0.15) is 77.8 Å². The van der Waals surface area contributed by atoms with Crippen molar-refractivity contribution in [2.24, 2.45) is 5.92 Å². The predicted octanol–water partition coefficient (Wildman–Crippen LogP) is 5.15. The van der Waals surface area contributed by atoms with Crippen LogP contribution in [0.5, 0.6) is 0 Å². The van der Waals surface area contributed by atoms with Crippen molar-refractivity contribution >= 4 is 23.6 Å². The summed E-state index contributed by atoms with van der Waals surface area (Å²) in [5.74, 6) is -0.515. The predicted molar refractivity (Wildman–Crippen MR) is 126 cm³/mol. The third-order valence-corrected chi connectivity index (χ3v) is 5.99. The van der Waals surface area contributed by atoms with Crippen LogP contribution in [0.3, 0.4) is 0 Å². The van der Waals surface area contributed by atoms with Gasteiger partial charge < -0.3 is 15.4 Å². The number of amides is 3. The van der Waals surface area contributed by atoms with Crippen LogP contribution >= 0.6 is 0 Å². The number of nitrogens with one attached hydrogen (secondary N) is 2. The maximum Gasteiger partial charge on any atom is 0.337 e. The number of benzene rings is 1. The van der Waals surface area contributed by atoms with Crippen molar-refractivity contribution in [3.63, 3.8) is 0 Å². The molecule has 0 radical (unpaired) electrons. The Balaban J connectivity index is 2.33. The summed E-state index contributed by atoms with van der Waals surface area (Å²) in [6.45, 7) is 8.50. The van der Waals surface area contributed by atoms with Crippen LogP contribution in [-0.4, -0.2) is 36.5 Å². The molecule has 1 aromatic rings. The van der Waals surface area contributed by atoms with Gasteiger partial charge in [-0.25, -0.2) is 9.59 Å². The van der Waals surface area contributed by atoms with Gasteiger partial charge in [0, 0.05) is 23.8 Å². The summed E-state index contributed by atoms with van der Waals surface area (Å²) in [7, 11) is 1.34. The molecule has 0 fully saturated rings. The number of rotatable bonds is 11.